The summed E-state index contributed by atoms with van der Waals surface area (Å²) in [6, 6.07) is 0.0856. The predicted octanol–water partition coefficient (Wildman–Crippen LogP) is 2.30. The zero-order valence-electron chi connectivity index (χ0n) is 14.0. The number of carbonyl (C=O) groups excluding carboxylic acids is 1. The van der Waals surface area contributed by atoms with Gasteiger partial charge in [0.15, 0.2) is 0 Å². The number of carboxylic acids is 1. The van der Waals surface area contributed by atoms with Gasteiger partial charge in [-0.3, -0.25) is 9.59 Å². The molecule has 1 aliphatic heterocycles. The van der Waals surface area contributed by atoms with Crippen molar-refractivity contribution in [2.24, 2.45) is 5.92 Å². The number of hydrogen-bond donors (Lipinski definition) is 3. The summed E-state index contributed by atoms with van der Waals surface area (Å²) in [5, 5.41) is 15.5. The topological polar surface area (TPSA) is 78.4 Å². The van der Waals surface area contributed by atoms with Crippen molar-refractivity contribution in [3.05, 3.63) is 0 Å². The van der Waals surface area contributed by atoms with Gasteiger partial charge in [-0.2, -0.15) is 0 Å². The molecule has 0 radical (unpaired) electrons. The lowest BCUT2D eigenvalue weighted by atomic mass is 9.69. The average molecular weight is 298 g/mol. The van der Waals surface area contributed by atoms with E-state index in [2.05, 4.69) is 45.3 Å². The second-order valence-electron chi connectivity index (χ2n) is 6.87. The molecule has 5 heteroatoms. The van der Waals surface area contributed by atoms with Gasteiger partial charge in [0.1, 0.15) is 0 Å². The lowest BCUT2D eigenvalue weighted by molar-refractivity contribution is -0.139. The standard InChI is InChI=1S/C16H30N2O3/c1-6-15(4)10-12(11(3)16(5,7-2)18-15)17-13(19)8-9-14(20)21/h11-12,18H,6-10H2,1-5H3,(H,17,19)(H,20,21). The van der Waals surface area contributed by atoms with E-state index in [1.807, 2.05) is 0 Å². The highest BCUT2D eigenvalue weighted by molar-refractivity contribution is 5.80. The first-order valence-electron chi connectivity index (χ1n) is 7.96. The van der Waals surface area contributed by atoms with E-state index in [0.717, 1.165) is 19.3 Å². The van der Waals surface area contributed by atoms with Crippen molar-refractivity contribution in [2.75, 3.05) is 0 Å². The van der Waals surface area contributed by atoms with Crippen LogP contribution in [-0.4, -0.2) is 34.1 Å². The normalized spacial score (nSPS) is 36.2. The summed E-state index contributed by atoms with van der Waals surface area (Å²) in [5.41, 5.74) is -0.0181. The van der Waals surface area contributed by atoms with Crippen LogP contribution in [0.2, 0.25) is 0 Å². The molecule has 1 fully saturated rings. The number of rotatable bonds is 6. The molecule has 0 spiro atoms. The summed E-state index contributed by atoms with van der Waals surface area (Å²) in [6.45, 7) is 10.9. The first kappa shape index (κ1) is 18.0. The van der Waals surface area contributed by atoms with Crippen LogP contribution in [0.5, 0.6) is 0 Å². The summed E-state index contributed by atoms with van der Waals surface area (Å²) >= 11 is 0. The van der Waals surface area contributed by atoms with Crippen LogP contribution in [0, 0.1) is 5.92 Å². The number of piperidine rings is 1. The summed E-state index contributed by atoms with van der Waals surface area (Å²) in [7, 11) is 0. The number of hydrogen-bond acceptors (Lipinski definition) is 3. The van der Waals surface area contributed by atoms with Crippen LogP contribution in [0.1, 0.15) is 66.7 Å². The van der Waals surface area contributed by atoms with Crippen LogP contribution in [0.25, 0.3) is 0 Å². The SMILES string of the molecule is CCC1(C)CC(NC(=O)CCC(=O)O)C(C)C(C)(CC)N1. The van der Waals surface area contributed by atoms with Gasteiger partial charge in [-0.15, -0.1) is 0 Å². The minimum absolute atomic E-state index is 0.00200. The number of carboxylic acid groups (broad SMARTS) is 1. The molecular weight excluding hydrogens is 268 g/mol. The number of nitrogens with one attached hydrogen (secondary N) is 2. The maximum Gasteiger partial charge on any atom is 0.303 e. The molecule has 1 saturated heterocycles. The third-order valence-corrected chi connectivity index (χ3v) is 5.29. The Labute approximate surface area is 127 Å². The van der Waals surface area contributed by atoms with E-state index in [1.54, 1.807) is 0 Å². The molecule has 5 nitrogen and oxygen atoms in total. The van der Waals surface area contributed by atoms with E-state index in [4.69, 9.17) is 5.11 Å². The smallest absolute Gasteiger partial charge is 0.303 e. The van der Waals surface area contributed by atoms with Crippen molar-refractivity contribution in [2.45, 2.75) is 83.8 Å². The maximum absolute atomic E-state index is 12.0. The van der Waals surface area contributed by atoms with Gasteiger partial charge in [-0.1, -0.05) is 20.8 Å². The zero-order chi connectivity index (χ0) is 16.3. The van der Waals surface area contributed by atoms with E-state index in [0.29, 0.717) is 5.92 Å². The maximum atomic E-state index is 12.0. The molecule has 122 valence electrons. The molecule has 0 aromatic carbocycles. The lowest BCUT2D eigenvalue weighted by Crippen LogP contribution is -2.68. The van der Waals surface area contributed by atoms with Crippen LogP contribution < -0.4 is 10.6 Å². The molecule has 1 heterocycles. The van der Waals surface area contributed by atoms with Crippen molar-refractivity contribution in [3.63, 3.8) is 0 Å². The van der Waals surface area contributed by atoms with Crippen LogP contribution in [0.3, 0.4) is 0 Å². The fraction of sp³-hybridized carbons (Fsp3) is 0.875. The number of amides is 1. The van der Waals surface area contributed by atoms with Crippen LogP contribution in [0.4, 0.5) is 0 Å². The molecule has 4 atom stereocenters. The quantitative estimate of drug-likeness (QED) is 0.703. The second-order valence-corrected chi connectivity index (χ2v) is 6.87. The van der Waals surface area contributed by atoms with E-state index in [9.17, 15) is 9.59 Å². The van der Waals surface area contributed by atoms with Crippen molar-refractivity contribution in [1.29, 1.82) is 0 Å². The Morgan fingerprint density at radius 2 is 1.86 bits per heavy atom. The van der Waals surface area contributed by atoms with Gasteiger partial charge in [0.25, 0.3) is 0 Å². The third kappa shape index (κ3) is 4.43. The Kier molecular flexibility index (Phi) is 5.79. The van der Waals surface area contributed by atoms with Crippen molar-refractivity contribution >= 4 is 11.9 Å². The minimum Gasteiger partial charge on any atom is -0.481 e. The van der Waals surface area contributed by atoms with Crippen molar-refractivity contribution in [3.8, 4) is 0 Å². The minimum atomic E-state index is -0.930. The Morgan fingerprint density at radius 3 is 2.33 bits per heavy atom. The number of carbonyl (C=O) groups is 2. The molecule has 1 rings (SSSR count). The van der Waals surface area contributed by atoms with E-state index >= 15 is 0 Å². The van der Waals surface area contributed by atoms with Gasteiger partial charge >= 0.3 is 5.97 Å². The Hall–Kier alpha value is -1.10. The fourth-order valence-corrected chi connectivity index (χ4v) is 3.28. The highest BCUT2D eigenvalue weighted by atomic mass is 16.4. The first-order chi connectivity index (χ1) is 9.65. The molecule has 3 N–H and O–H groups in total. The largest absolute Gasteiger partial charge is 0.481 e. The zero-order valence-corrected chi connectivity index (χ0v) is 14.0. The molecule has 1 amide bonds. The number of aliphatic carboxylic acids is 1. The van der Waals surface area contributed by atoms with E-state index in [1.165, 1.54) is 0 Å². The lowest BCUT2D eigenvalue weighted by Gasteiger charge is -2.53. The highest BCUT2D eigenvalue weighted by Gasteiger charge is 2.46. The fourth-order valence-electron chi connectivity index (χ4n) is 3.28. The van der Waals surface area contributed by atoms with Crippen LogP contribution >= 0.6 is 0 Å². The van der Waals surface area contributed by atoms with Gasteiger partial charge in [0, 0.05) is 23.5 Å². The molecular formula is C16H30N2O3. The Morgan fingerprint density at radius 1 is 1.24 bits per heavy atom. The second kappa shape index (κ2) is 6.77. The van der Waals surface area contributed by atoms with Crippen molar-refractivity contribution in [1.82, 2.24) is 10.6 Å². The molecule has 0 aromatic heterocycles. The van der Waals surface area contributed by atoms with E-state index in [-0.39, 0.29) is 35.9 Å². The molecule has 0 saturated carbocycles. The van der Waals surface area contributed by atoms with Crippen LogP contribution in [0.15, 0.2) is 0 Å². The third-order valence-electron chi connectivity index (χ3n) is 5.29. The molecule has 4 unspecified atom stereocenters. The van der Waals surface area contributed by atoms with Crippen molar-refractivity contribution < 1.29 is 14.7 Å². The Bertz CT molecular complexity index is 399. The molecule has 1 aliphatic rings. The van der Waals surface area contributed by atoms with Gasteiger partial charge < -0.3 is 15.7 Å². The van der Waals surface area contributed by atoms with E-state index < -0.39 is 5.97 Å². The molecule has 0 aliphatic carbocycles. The highest BCUT2D eigenvalue weighted by Crippen LogP contribution is 2.37. The Balaban J connectivity index is 2.79. The van der Waals surface area contributed by atoms with Gasteiger partial charge in [0.2, 0.25) is 5.91 Å². The van der Waals surface area contributed by atoms with Gasteiger partial charge in [0.05, 0.1) is 6.42 Å². The predicted molar refractivity (Wildman–Crippen MR) is 83.1 cm³/mol. The molecule has 21 heavy (non-hydrogen) atoms. The summed E-state index contributed by atoms with van der Waals surface area (Å²) in [6.07, 6.45) is 2.81. The first-order valence-corrected chi connectivity index (χ1v) is 7.96. The summed E-state index contributed by atoms with van der Waals surface area (Å²) in [4.78, 5) is 22.5. The molecule has 0 bridgehead atoms. The van der Waals surface area contributed by atoms with Crippen LogP contribution in [-0.2, 0) is 9.59 Å². The van der Waals surface area contributed by atoms with Gasteiger partial charge in [-0.05, 0) is 39.0 Å². The summed E-state index contributed by atoms with van der Waals surface area (Å²) in [5.74, 6) is -0.788. The average Bonchev–Trinajstić information content (AvgIpc) is 2.42. The molecule has 0 aromatic rings. The summed E-state index contributed by atoms with van der Waals surface area (Å²) < 4.78 is 0. The van der Waals surface area contributed by atoms with Gasteiger partial charge in [-0.25, -0.2) is 0 Å². The monoisotopic (exact) mass is 298 g/mol.